The van der Waals surface area contributed by atoms with Crippen LogP contribution in [0.4, 0.5) is 5.69 Å². The molecule has 2 aromatic carbocycles. The van der Waals surface area contributed by atoms with Crippen LogP contribution in [0, 0.1) is 0 Å². The molecule has 1 N–H and O–H groups in total. The van der Waals surface area contributed by atoms with E-state index in [1.165, 1.54) is 13.4 Å². The first-order valence-corrected chi connectivity index (χ1v) is 14.3. The number of sulfonamides is 1. The molecular weight excluding hydrogens is 509 g/mol. The Morgan fingerprint density at radius 2 is 1.86 bits per heavy atom. The minimum absolute atomic E-state index is 0.118. The summed E-state index contributed by atoms with van der Waals surface area (Å²) in [5.41, 5.74) is 2.57. The number of hydrogen-bond donors (Lipinski definition) is 1. The number of ether oxygens (including phenoxy) is 1. The number of nitrogens with one attached hydrogen (secondary N) is 1. The molecule has 2 aliphatic heterocycles. The minimum atomic E-state index is -3.34. The van der Waals surface area contributed by atoms with Crippen molar-refractivity contribution in [2.24, 2.45) is 0 Å². The number of rotatable bonds is 8. The fourth-order valence-corrected chi connectivity index (χ4v) is 6.57. The number of anilines is 1. The van der Waals surface area contributed by atoms with Gasteiger partial charge in [-0.2, -0.15) is 0 Å². The number of hydrogen-bond acceptors (Lipinski definition) is 5. The van der Waals surface area contributed by atoms with E-state index in [1.807, 2.05) is 24.3 Å². The summed E-state index contributed by atoms with van der Waals surface area (Å²) < 4.78 is 31.4. The van der Waals surface area contributed by atoms with Gasteiger partial charge in [0.15, 0.2) is 0 Å². The lowest BCUT2D eigenvalue weighted by molar-refractivity contribution is -0.124. The fourth-order valence-electron chi connectivity index (χ4n) is 5.27. The van der Waals surface area contributed by atoms with Gasteiger partial charge in [-0.05, 0) is 68.2 Å². The van der Waals surface area contributed by atoms with Gasteiger partial charge in [0, 0.05) is 19.1 Å². The molecule has 1 fully saturated rings. The first-order valence-electron chi connectivity index (χ1n) is 11.7. The molecule has 0 aromatic heterocycles. The molecule has 0 bridgehead atoms. The molecule has 0 unspecified atom stereocenters. The smallest absolute Gasteiger partial charge is 0.232 e. The van der Waals surface area contributed by atoms with Crippen molar-refractivity contribution < 1.29 is 17.9 Å². The SMILES string of the molecule is COCNC(=O)[C@@H](CCN1CCC2(CC1)CN(S(C)(=O)=O)c1ccccc12)c1ccc(Cl)c(Cl)c1. The van der Waals surface area contributed by atoms with Gasteiger partial charge in [-0.1, -0.05) is 47.5 Å². The van der Waals surface area contributed by atoms with E-state index in [1.54, 1.807) is 16.4 Å². The monoisotopic (exact) mass is 539 g/mol. The zero-order chi connectivity index (χ0) is 25.2. The van der Waals surface area contributed by atoms with E-state index < -0.39 is 10.0 Å². The zero-order valence-corrected chi connectivity index (χ0v) is 22.3. The highest BCUT2D eigenvalue weighted by atomic mass is 35.5. The maximum Gasteiger partial charge on any atom is 0.232 e. The lowest BCUT2D eigenvalue weighted by Crippen LogP contribution is -2.46. The molecule has 35 heavy (non-hydrogen) atoms. The molecule has 190 valence electrons. The van der Waals surface area contributed by atoms with Gasteiger partial charge in [-0.3, -0.25) is 9.10 Å². The van der Waals surface area contributed by atoms with E-state index >= 15 is 0 Å². The second-order valence-corrected chi connectivity index (χ2v) is 12.1. The summed E-state index contributed by atoms with van der Waals surface area (Å²) in [7, 11) is -1.80. The van der Waals surface area contributed by atoms with Crippen LogP contribution in [0.25, 0.3) is 0 Å². The number of nitrogens with zero attached hydrogens (tertiary/aromatic N) is 2. The molecule has 1 saturated heterocycles. The van der Waals surface area contributed by atoms with E-state index in [-0.39, 0.29) is 24.0 Å². The molecule has 1 amide bonds. The number of piperidine rings is 1. The Kier molecular flexibility index (Phi) is 7.98. The molecule has 1 atom stereocenters. The Bertz CT molecular complexity index is 1180. The van der Waals surface area contributed by atoms with Crippen LogP contribution >= 0.6 is 23.2 Å². The number of carbonyl (C=O) groups is 1. The van der Waals surface area contributed by atoms with Gasteiger partial charge in [-0.15, -0.1) is 0 Å². The number of likely N-dealkylation sites (tertiary alicyclic amines) is 1. The lowest BCUT2D eigenvalue weighted by atomic mass is 9.74. The van der Waals surface area contributed by atoms with E-state index in [2.05, 4.69) is 16.3 Å². The van der Waals surface area contributed by atoms with Crippen LogP contribution in [0.3, 0.4) is 0 Å². The molecule has 2 aromatic rings. The van der Waals surface area contributed by atoms with Crippen molar-refractivity contribution in [1.82, 2.24) is 10.2 Å². The number of carbonyl (C=O) groups excluding carboxylic acids is 1. The molecule has 1 spiro atoms. The predicted octanol–water partition coefficient (Wildman–Crippen LogP) is 4.00. The zero-order valence-electron chi connectivity index (χ0n) is 20.0. The van der Waals surface area contributed by atoms with Crippen molar-refractivity contribution in [3.8, 4) is 0 Å². The summed E-state index contributed by atoms with van der Waals surface area (Å²) in [6.45, 7) is 3.03. The standard InChI is InChI=1S/C25H31Cl2N3O4S/c1-34-17-28-24(31)19(18-7-8-21(26)22(27)15-18)9-12-29-13-10-25(11-14-29)16-30(35(2,32)33)23-6-4-3-5-20(23)25/h3-8,15,19H,9-14,16-17H2,1-2H3,(H,28,31)/t19-/m0/s1. The van der Waals surface area contributed by atoms with Crippen molar-refractivity contribution in [1.29, 1.82) is 0 Å². The third kappa shape index (κ3) is 5.62. The number of benzene rings is 2. The second-order valence-electron chi connectivity index (χ2n) is 9.40. The first kappa shape index (κ1) is 26.2. The van der Waals surface area contributed by atoms with Crippen LogP contribution in [-0.4, -0.2) is 65.5 Å². The molecule has 0 radical (unpaired) electrons. The largest absolute Gasteiger partial charge is 0.364 e. The molecule has 0 saturated carbocycles. The van der Waals surface area contributed by atoms with Gasteiger partial charge in [-0.25, -0.2) is 8.42 Å². The number of halogens is 2. The van der Waals surface area contributed by atoms with E-state index in [0.717, 1.165) is 49.3 Å². The highest BCUT2D eigenvalue weighted by Gasteiger charge is 2.46. The van der Waals surface area contributed by atoms with Crippen LogP contribution in [0.1, 0.15) is 36.3 Å². The number of amides is 1. The Labute approximate surface area is 217 Å². The van der Waals surface area contributed by atoms with Crippen molar-refractivity contribution in [3.63, 3.8) is 0 Å². The number of methoxy groups -OCH3 is 1. The second kappa shape index (κ2) is 10.6. The van der Waals surface area contributed by atoms with Gasteiger partial charge in [0.25, 0.3) is 0 Å². The molecule has 0 aliphatic carbocycles. The van der Waals surface area contributed by atoms with Gasteiger partial charge in [0.2, 0.25) is 15.9 Å². The fraction of sp³-hybridized carbons (Fsp3) is 0.480. The quantitative estimate of drug-likeness (QED) is 0.513. The van der Waals surface area contributed by atoms with Crippen molar-refractivity contribution >= 4 is 44.8 Å². The van der Waals surface area contributed by atoms with Crippen LogP contribution in [0.5, 0.6) is 0 Å². The van der Waals surface area contributed by atoms with Crippen molar-refractivity contribution in [2.45, 2.75) is 30.6 Å². The Hall–Kier alpha value is -1.84. The van der Waals surface area contributed by atoms with E-state index in [0.29, 0.717) is 23.0 Å². The highest BCUT2D eigenvalue weighted by molar-refractivity contribution is 7.92. The van der Waals surface area contributed by atoms with Gasteiger partial charge < -0.3 is 15.0 Å². The topological polar surface area (TPSA) is 79.0 Å². The molecular formula is C25H31Cl2N3O4S. The molecule has 7 nitrogen and oxygen atoms in total. The summed E-state index contributed by atoms with van der Waals surface area (Å²) in [5.74, 6) is -0.504. The Balaban J connectivity index is 1.45. The third-order valence-corrected chi connectivity index (χ3v) is 9.06. The third-order valence-electron chi connectivity index (χ3n) is 7.19. The van der Waals surface area contributed by atoms with Crippen LogP contribution in [0.2, 0.25) is 10.0 Å². The summed E-state index contributed by atoms with van der Waals surface area (Å²) in [6.07, 6.45) is 3.62. The number of para-hydroxylation sites is 1. The summed E-state index contributed by atoms with van der Waals surface area (Å²) in [6, 6.07) is 13.1. The number of fused-ring (bicyclic) bond motifs is 2. The highest BCUT2D eigenvalue weighted by Crippen LogP contribution is 2.47. The molecule has 2 aliphatic rings. The van der Waals surface area contributed by atoms with E-state index in [9.17, 15) is 13.2 Å². The maximum atomic E-state index is 12.9. The molecule has 10 heteroatoms. The maximum absolute atomic E-state index is 12.9. The van der Waals surface area contributed by atoms with Crippen molar-refractivity contribution in [3.05, 3.63) is 63.6 Å². The summed E-state index contributed by atoms with van der Waals surface area (Å²) >= 11 is 12.3. The normalized spacial score (nSPS) is 18.5. The van der Waals surface area contributed by atoms with Crippen molar-refractivity contribution in [2.75, 3.05) is 50.6 Å². The Morgan fingerprint density at radius 1 is 1.14 bits per heavy atom. The van der Waals surface area contributed by atoms with Gasteiger partial charge >= 0.3 is 0 Å². The van der Waals surface area contributed by atoms with Gasteiger partial charge in [0.1, 0.15) is 6.73 Å². The lowest BCUT2D eigenvalue weighted by Gasteiger charge is -2.40. The average Bonchev–Trinajstić information content (AvgIpc) is 3.16. The molecule has 4 rings (SSSR count). The van der Waals surface area contributed by atoms with Crippen LogP contribution in [-0.2, 0) is 25.0 Å². The van der Waals surface area contributed by atoms with Crippen LogP contribution in [0.15, 0.2) is 42.5 Å². The average molecular weight is 541 g/mol. The van der Waals surface area contributed by atoms with Gasteiger partial charge in [0.05, 0.1) is 27.9 Å². The predicted molar refractivity (Wildman–Crippen MR) is 140 cm³/mol. The minimum Gasteiger partial charge on any atom is -0.364 e. The molecule has 2 heterocycles. The summed E-state index contributed by atoms with van der Waals surface area (Å²) in [5, 5.41) is 3.68. The summed E-state index contributed by atoms with van der Waals surface area (Å²) in [4.78, 5) is 15.2. The first-order chi connectivity index (χ1) is 16.6. The van der Waals surface area contributed by atoms with Crippen LogP contribution < -0.4 is 9.62 Å². The van der Waals surface area contributed by atoms with E-state index in [4.69, 9.17) is 27.9 Å². The Morgan fingerprint density at radius 3 is 2.51 bits per heavy atom.